The van der Waals surface area contributed by atoms with Crippen LogP contribution in [0.4, 0.5) is 5.69 Å². The second-order valence-corrected chi connectivity index (χ2v) is 6.91. The molecule has 0 bridgehead atoms. The molecule has 4 rings (SSSR count). The molecule has 23 heavy (non-hydrogen) atoms. The molecule has 0 fully saturated rings. The number of fused-ring (bicyclic) bond motifs is 2. The zero-order chi connectivity index (χ0) is 16.3. The van der Waals surface area contributed by atoms with E-state index < -0.39 is 0 Å². The number of carbonyl (C=O) groups excluding carboxylic acids is 1. The molecule has 1 N–H and O–H groups in total. The number of phenols is 1. The highest BCUT2D eigenvalue weighted by atomic mass is 32.1. The molecular formula is C17H15N3O2S. The fourth-order valence-electron chi connectivity index (χ4n) is 2.97. The van der Waals surface area contributed by atoms with Crippen LogP contribution in [0.15, 0.2) is 24.4 Å². The van der Waals surface area contributed by atoms with Crippen molar-refractivity contribution in [2.24, 2.45) is 0 Å². The molecule has 1 aliphatic heterocycles. The Labute approximate surface area is 137 Å². The van der Waals surface area contributed by atoms with Crippen molar-refractivity contribution in [1.29, 1.82) is 0 Å². The van der Waals surface area contributed by atoms with Crippen LogP contribution < -0.4 is 4.90 Å². The molecule has 116 valence electrons. The molecule has 0 unspecified atom stereocenters. The first-order chi connectivity index (χ1) is 11.0. The maximum absolute atomic E-state index is 12.6. The maximum Gasteiger partial charge on any atom is 0.258 e. The Morgan fingerprint density at radius 1 is 1.30 bits per heavy atom. The highest BCUT2D eigenvalue weighted by Crippen LogP contribution is 2.39. The predicted octanol–water partition coefficient (Wildman–Crippen LogP) is 3.24. The standard InChI is InChI=1S/C17H15N3O2S/c1-9-8-20-15(10(2)18-17(20)23-9)7-13-12-6-11(21)4-5-14(12)19(3)16(13)22/h4-8,21H,1-3H3/b13-7-. The highest BCUT2D eigenvalue weighted by Gasteiger charge is 2.30. The number of phenolic OH excluding ortho intramolecular Hbond substituents is 1. The SMILES string of the molecule is Cc1cn2c(/C=C3\C(=O)N(C)c4ccc(O)cc43)c(C)nc2s1. The molecule has 0 saturated carbocycles. The topological polar surface area (TPSA) is 57.8 Å². The normalized spacial score (nSPS) is 15.9. The fraction of sp³-hybridized carbons (Fsp3) is 0.176. The molecule has 3 heterocycles. The van der Waals surface area contributed by atoms with Gasteiger partial charge in [-0.05, 0) is 38.1 Å². The Morgan fingerprint density at radius 3 is 2.87 bits per heavy atom. The summed E-state index contributed by atoms with van der Waals surface area (Å²) in [5.41, 5.74) is 3.91. The van der Waals surface area contributed by atoms with Gasteiger partial charge in [0.25, 0.3) is 5.91 Å². The number of hydrogen-bond acceptors (Lipinski definition) is 4. The lowest BCUT2D eigenvalue weighted by Gasteiger charge is -2.08. The summed E-state index contributed by atoms with van der Waals surface area (Å²) in [5.74, 6) is 0.0752. The minimum atomic E-state index is -0.0769. The number of carbonyl (C=O) groups is 1. The molecule has 0 spiro atoms. The van der Waals surface area contributed by atoms with Crippen LogP contribution >= 0.6 is 11.3 Å². The number of thiazole rings is 1. The number of aromatic hydroxyl groups is 1. The first kappa shape index (κ1) is 14.0. The molecule has 5 nitrogen and oxygen atoms in total. The van der Waals surface area contributed by atoms with Gasteiger partial charge < -0.3 is 10.0 Å². The number of imidazole rings is 1. The number of aryl methyl sites for hydroxylation is 2. The summed E-state index contributed by atoms with van der Waals surface area (Å²) in [6.45, 7) is 3.97. The summed E-state index contributed by atoms with van der Waals surface area (Å²) in [7, 11) is 1.74. The van der Waals surface area contributed by atoms with Gasteiger partial charge in [0.15, 0.2) is 4.96 Å². The molecule has 0 radical (unpaired) electrons. The molecule has 1 aliphatic rings. The molecule has 0 aliphatic carbocycles. The second kappa shape index (κ2) is 4.70. The zero-order valence-electron chi connectivity index (χ0n) is 13.0. The summed E-state index contributed by atoms with van der Waals surface area (Å²) >= 11 is 1.62. The van der Waals surface area contributed by atoms with E-state index in [-0.39, 0.29) is 11.7 Å². The van der Waals surface area contributed by atoms with Gasteiger partial charge >= 0.3 is 0 Å². The number of amides is 1. The van der Waals surface area contributed by atoms with E-state index >= 15 is 0 Å². The van der Waals surface area contributed by atoms with E-state index in [1.807, 2.05) is 30.5 Å². The number of benzene rings is 1. The van der Waals surface area contributed by atoms with Crippen LogP contribution in [0.2, 0.25) is 0 Å². The van der Waals surface area contributed by atoms with Crippen molar-refractivity contribution in [3.63, 3.8) is 0 Å². The van der Waals surface area contributed by atoms with Crippen molar-refractivity contribution in [2.45, 2.75) is 13.8 Å². The first-order valence-corrected chi connectivity index (χ1v) is 8.05. The van der Waals surface area contributed by atoms with Crippen molar-refractivity contribution in [3.05, 3.63) is 46.2 Å². The average Bonchev–Trinajstić information content (AvgIpc) is 3.06. The van der Waals surface area contributed by atoms with Crippen molar-refractivity contribution >= 4 is 39.5 Å². The number of rotatable bonds is 1. The van der Waals surface area contributed by atoms with Crippen LogP contribution in [0.5, 0.6) is 5.75 Å². The van der Waals surface area contributed by atoms with Gasteiger partial charge in [-0.25, -0.2) is 4.98 Å². The van der Waals surface area contributed by atoms with Gasteiger partial charge in [-0.15, -0.1) is 11.3 Å². The van der Waals surface area contributed by atoms with Crippen LogP contribution in [0, 0.1) is 13.8 Å². The zero-order valence-corrected chi connectivity index (χ0v) is 13.8. The molecule has 1 aromatic carbocycles. The monoisotopic (exact) mass is 325 g/mol. The molecule has 1 amide bonds. The fourth-order valence-corrected chi connectivity index (χ4v) is 3.85. The molecular weight excluding hydrogens is 310 g/mol. The Morgan fingerprint density at radius 2 is 2.09 bits per heavy atom. The van der Waals surface area contributed by atoms with E-state index in [0.29, 0.717) is 5.57 Å². The van der Waals surface area contributed by atoms with Crippen molar-refractivity contribution < 1.29 is 9.90 Å². The number of aromatic nitrogens is 2. The molecule has 6 heteroatoms. The number of anilines is 1. The van der Waals surface area contributed by atoms with E-state index in [0.717, 1.165) is 27.6 Å². The van der Waals surface area contributed by atoms with E-state index in [1.54, 1.807) is 41.5 Å². The van der Waals surface area contributed by atoms with Crippen molar-refractivity contribution in [1.82, 2.24) is 9.38 Å². The van der Waals surface area contributed by atoms with Crippen molar-refractivity contribution in [3.8, 4) is 5.75 Å². The molecule has 3 aromatic rings. The largest absolute Gasteiger partial charge is 0.508 e. The van der Waals surface area contributed by atoms with Gasteiger partial charge in [0.1, 0.15) is 5.75 Å². The van der Waals surface area contributed by atoms with Gasteiger partial charge in [-0.2, -0.15) is 0 Å². The van der Waals surface area contributed by atoms with Crippen molar-refractivity contribution in [2.75, 3.05) is 11.9 Å². The summed E-state index contributed by atoms with van der Waals surface area (Å²) in [6.07, 6.45) is 3.89. The number of nitrogens with zero attached hydrogens (tertiary/aromatic N) is 3. The third-order valence-corrected chi connectivity index (χ3v) is 5.01. The summed E-state index contributed by atoms with van der Waals surface area (Å²) in [5, 5.41) is 9.77. The van der Waals surface area contributed by atoms with Crippen LogP contribution in [-0.2, 0) is 4.79 Å². The van der Waals surface area contributed by atoms with Gasteiger partial charge in [0.05, 0.1) is 22.6 Å². The number of likely N-dealkylation sites (N-methyl/N-ethyl adjacent to an activating group) is 1. The second-order valence-electron chi connectivity index (χ2n) is 5.70. The van der Waals surface area contributed by atoms with E-state index in [4.69, 9.17) is 0 Å². The van der Waals surface area contributed by atoms with Crippen LogP contribution in [0.3, 0.4) is 0 Å². The van der Waals surface area contributed by atoms with Gasteiger partial charge in [-0.1, -0.05) is 0 Å². The van der Waals surface area contributed by atoms with Crippen LogP contribution in [0.1, 0.15) is 21.8 Å². The minimum Gasteiger partial charge on any atom is -0.508 e. The van der Waals surface area contributed by atoms with Crippen LogP contribution in [0.25, 0.3) is 16.6 Å². The molecule has 0 atom stereocenters. The Hall–Kier alpha value is -2.60. The summed E-state index contributed by atoms with van der Waals surface area (Å²) in [6, 6.07) is 4.99. The summed E-state index contributed by atoms with van der Waals surface area (Å²) < 4.78 is 2.01. The third kappa shape index (κ3) is 1.98. The lowest BCUT2D eigenvalue weighted by Crippen LogP contribution is -2.20. The van der Waals surface area contributed by atoms with E-state index in [9.17, 15) is 9.90 Å². The Kier molecular flexibility index (Phi) is 2.86. The lowest BCUT2D eigenvalue weighted by molar-refractivity contribution is -0.112. The lowest BCUT2D eigenvalue weighted by atomic mass is 10.1. The van der Waals surface area contributed by atoms with E-state index in [2.05, 4.69) is 4.98 Å². The van der Waals surface area contributed by atoms with Gasteiger partial charge in [-0.3, -0.25) is 9.20 Å². The van der Waals surface area contributed by atoms with E-state index in [1.165, 1.54) is 4.88 Å². The predicted molar refractivity (Wildman–Crippen MR) is 91.9 cm³/mol. The Bertz CT molecular complexity index is 997. The smallest absolute Gasteiger partial charge is 0.258 e. The first-order valence-electron chi connectivity index (χ1n) is 7.24. The maximum atomic E-state index is 12.6. The average molecular weight is 325 g/mol. The highest BCUT2D eigenvalue weighted by molar-refractivity contribution is 7.17. The molecule has 0 saturated heterocycles. The number of hydrogen-bond donors (Lipinski definition) is 1. The van der Waals surface area contributed by atoms with Gasteiger partial charge in [0, 0.05) is 23.7 Å². The van der Waals surface area contributed by atoms with Crippen LogP contribution in [-0.4, -0.2) is 27.4 Å². The Balaban J connectivity index is 1.96. The van der Waals surface area contributed by atoms with Gasteiger partial charge in [0.2, 0.25) is 0 Å². The third-order valence-electron chi connectivity index (χ3n) is 4.11. The molecule has 2 aromatic heterocycles. The summed E-state index contributed by atoms with van der Waals surface area (Å²) in [4.78, 5) is 20.8. The quantitative estimate of drug-likeness (QED) is 0.699. The minimum absolute atomic E-state index is 0.0769.